The van der Waals surface area contributed by atoms with Gasteiger partial charge in [0.2, 0.25) is 0 Å². The van der Waals surface area contributed by atoms with E-state index in [-0.39, 0.29) is 24.1 Å². The molecule has 0 unspecified atom stereocenters. The first-order valence-electron chi connectivity index (χ1n) is 4.83. The summed E-state index contributed by atoms with van der Waals surface area (Å²) in [4.78, 5) is 11.6. The topological polar surface area (TPSA) is 38.8 Å². The Hall–Kier alpha value is -1.42. The number of ether oxygens (including phenoxy) is 2. The number of hydrogen-bond donors (Lipinski definition) is 0. The molecule has 0 saturated carbocycles. The second kappa shape index (κ2) is 3.03. The number of carbonyl (C=O) groups is 1. The van der Waals surface area contributed by atoms with Crippen LogP contribution in [0.15, 0.2) is 18.2 Å². The van der Waals surface area contributed by atoms with E-state index in [1.54, 1.807) is 6.07 Å². The maximum absolute atomic E-state index is 12.9. The lowest BCUT2D eigenvalue weighted by Gasteiger charge is -2.23. The van der Waals surface area contributed by atoms with Crippen molar-refractivity contribution in [3.8, 4) is 5.75 Å². The monoisotopic (exact) mass is 208 g/mol. The molecule has 3 rings (SSSR count). The molecule has 3 nitrogen and oxygen atoms in total. The van der Waals surface area contributed by atoms with Crippen molar-refractivity contribution in [2.24, 2.45) is 0 Å². The number of hydrogen-bond acceptors (Lipinski definition) is 3. The van der Waals surface area contributed by atoms with E-state index in [9.17, 15) is 9.18 Å². The minimum absolute atomic E-state index is 0.0319. The fourth-order valence-electron chi connectivity index (χ4n) is 1.81. The molecule has 0 aromatic heterocycles. The summed E-state index contributed by atoms with van der Waals surface area (Å²) in [6, 6.07) is 4.24. The minimum Gasteiger partial charge on any atom is -0.479 e. The molecule has 0 N–H and O–H groups in total. The lowest BCUT2D eigenvalue weighted by atomic mass is 9.99. The van der Waals surface area contributed by atoms with Gasteiger partial charge in [-0.1, -0.05) is 0 Å². The first-order valence-corrected chi connectivity index (χ1v) is 4.83. The highest BCUT2D eigenvalue weighted by molar-refractivity contribution is 5.88. The van der Waals surface area contributed by atoms with E-state index in [1.807, 2.05) is 0 Å². The van der Waals surface area contributed by atoms with Crippen LogP contribution < -0.4 is 4.74 Å². The largest absolute Gasteiger partial charge is 0.479 e. The number of halogens is 1. The van der Waals surface area contributed by atoms with Gasteiger partial charge in [0.25, 0.3) is 0 Å². The Bertz CT molecular complexity index is 426. The van der Waals surface area contributed by atoms with E-state index < -0.39 is 6.10 Å². The van der Waals surface area contributed by atoms with Gasteiger partial charge >= 0.3 is 0 Å². The Kier molecular flexibility index (Phi) is 1.79. The third-order valence-electron chi connectivity index (χ3n) is 2.66. The summed E-state index contributed by atoms with van der Waals surface area (Å²) >= 11 is 0. The normalized spacial score (nSPS) is 28.2. The van der Waals surface area contributed by atoms with Crippen molar-refractivity contribution in [3.05, 3.63) is 29.6 Å². The maximum atomic E-state index is 12.9. The summed E-state index contributed by atoms with van der Waals surface area (Å²) in [6.07, 6.45) is -0.365. The highest BCUT2D eigenvalue weighted by atomic mass is 19.1. The average Bonchev–Trinajstić information content (AvgIpc) is 3.00. The van der Waals surface area contributed by atoms with Gasteiger partial charge in [-0.15, -0.1) is 0 Å². The highest BCUT2D eigenvalue weighted by Gasteiger charge is 2.42. The summed E-state index contributed by atoms with van der Waals surface area (Å²) in [5.41, 5.74) is 0.622. The Morgan fingerprint density at radius 3 is 2.93 bits per heavy atom. The number of epoxide rings is 1. The SMILES string of the molecule is O=C1Cc2cc(F)ccc2O[C@H]1[C@H]1CO1. The van der Waals surface area contributed by atoms with Crippen LogP contribution in [-0.4, -0.2) is 24.6 Å². The van der Waals surface area contributed by atoms with Crippen molar-refractivity contribution < 1.29 is 18.7 Å². The number of ketones is 1. The Morgan fingerprint density at radius 1 is 1.40 bits per heavy atom. The van der Waals surface area contributed by atoms with Gasteiger partial charge in [0, 0.05) is 12.0 Å². The molecule has 2 heterocycles. The highest BCUT2D eigenvalue weighted by Crippen LogP contribution is 2.30. The molecule has 0 spiro atoms. The van der Waals surface area contributed by atoms with Crippen LogP contribution in [0.25, 0.3) is 0 Å². The minimum atomic E-state index is -0.497. The van der Waals surface area contributed by atoms with Crippen LogP contribution in [-0.2, 0) is 16.0 Å². The van der Waals surface area contributed by atoms with Crippen LogP contribution in [0.4, 0.5) is 4.39 Å². The van der Waals surface area contributed by atoms with Gasteiger partial charge < -0.3 is 9.47 Å². The first-order chi connectivity index (χ1) is 7.24. The molecule has 78 valence electrons. The van der Waals surface area contributed by atoms with E-state index in [0.717, 1.165) is 0 Å². The fraction of sp³-hybridized carbons (Fsp3) is 0.364. The number of carbonyl (C=O) groups excluding carboxylic acids is 1. The van der Waals surface area contributed by atoms with Crippen LogP contribution in [0, 0.1) is 5.82 Å². The molecule has 2 aliphatic rings. The first kappa shape index (κ1) is 8.85. The van der Waals surface area contributed by atoms with Gasteiger partial charge in [-0.25, -0.2) is 4.39 Å². The molecule has 2 aliphatic heterocycles. The molecular formula is C11H9FO3. The zero-order valence-electron chi connectivity index (χ0n) is 7.90. The van der Waals surface area contributed by atoms with Crippen molar-refractivity contribution >= 4 is 5.78 Å². The van der Waals surface area contributed by atoms with Crippen molar-refractivity contribution in [2.75, 3.05) is 6.61 Å². The van der Waals surface area contributed by atoms with Crippen molar-refractivity contribution in [1.29, 1.82) is 0 Å². The molecular weight excluding hydrogens is 199 g/mol. The molecule has 0 amide bonds. The summed E-state index contributed by atoms with van der Waals surface area (Å²) in [5, 5.41) is 0. The molecule has 1 fully saturated rings. The van der Waals surface area contributed by atoms with Crippen LogP contribution in [0.5, 0.6) is 5.75 Å². The van der Waals surface area contributed by atoms with E-state index in [1.165, 1.54) is 12.1 Å². The maximum Gasteiger partial charge on any atom is 0.185 e. The smallest absolute Gasteiger partial charge is 0.185 e. The zero-order chi connectivity index (χ0) is 10.4. The summed E-state index contributed by atoms with van der Waals surface area (Å²) in [6.45, 7) is 0.576. The van der Waals surface area contributed by atoms with E-state index in [4.69, 9.17) is 9.47 Å². The standard InChI is InChI=1S/C11H9FO3/c12-7-1-2-9-6(3-7)4-8(13)11(15-9)10-5-14-10/h1-3,10-11H,4-5H2/t10-,11-/m1/s1. The van der Waals surface area contributed by atoms with Crippen LogP contribution in [0.3, 0.4) is 0 Å². The molecule has 0 bridgehead atoms. The van der Waals surface area contributed by atoms with Crippen LogP contribution >= 0.6 is 0 Å². The lowest BCUT2D eigenvalue weighted by molar-refractivity contribution is -0.127. The van der Waals surface area contributed by atoms with E-state index in [0.29, 0.717) is 17.9 Å². The van der Waals surface area contributed by atoms with Crippen molar-refractivity contribution in [1.82, 2.24) is 0 Å². The third-order valence-corrected chi connectivity index (χ3v) is 2.66. The molecule has 1 aromatic carbocycles. The van der Waals surface area contributed by atoms with Crippen molar-refractivity contribution in [3.63, 3.8) is 0 Å². The number of rotatable bonds is 1. The fourth-order valence-corrected chi connectivity index (χ4v) is 1.81. The Morgan fingerprint density at radius 2 is 2.20 bits per heavy atom. The Balaban J connectivity index is 1.94. The van der Waals surface area contributed by atoms with Gasteiger partial charge in [-0.2, -0.15) is 0 Å². The second-order valence-corrected chi connectivity index (χ2v) is 3.81. The van der Waals surface area contributed by atoms with Crippen LogP contribution in [0.1, 0.15) is 5.56 Å². The molecule has 15 heavy (non-hydrogen) atoms. The molecule has 0 radical (unpaired) electrons. The van der Waals surface area contributed by atoms with Gasteiger partial charge in [0.15, 0.2) is 11.9 Å². The third kappa shape index (κ3) is 1.51. The summed E-state index contributed by atoms with van der Waals surface area (Å²) < 4.78 is 23.4. The van der Waals surface area contributed by atoms with Gasteiger partial charge in [0.05, 0.1) is 6.61 Å². The predicted octanol–water partition coefficient (Wildman–Crippen LogP) is 1.10. The quantitative estimate of drug-likeness (QED) is 0.648. The summed E-state index contributed by atoms with van der Waals surface area (Å²) in [5.74, 6) is 0.221. The van der Waals surface area contributed by atoms with Gasteiger partial charge in [0.1, 0.15) is 17.7 Å². The predicted molar refractivity (Wildman–Crippen MR) is 49.3 cm³/mol. The zero-order valence-corrected chi connectivity index (χ0v) is 7.90. The molecule has 0 aliphatic carbocycles. The van der Waals surface area contributed by atoms with Crippen molar-refractivity contribution in [2.45, 2.75) is 18.6 Å². The number of benzene rings is 1. The second-order valence-electron chi connectivity index (χ2n) is 3.81. The molecule has 1 aromatic rings. The lowest BCUT2D eigenvalue weighted by Crippen LogP contribution is -2.37. The average molecular weight is 208 g/mol. The van der Waals surface area contributed by atoms with Gasteiger partial charge in [-0.05, 0) is 18.2 Å². The molecule has 2 atom stereocenters. The number of Topliss-reactive ketones (excluding diaryl/α,β-unsaturated/α-hetero) is 1. The van der Waals surface area contributed by atoms with E-state index in [2.05, 4.69) is 0 Å². The molecule has 1 saturated heterocycles. The molecule has 4 heteroatoms. The van der Waals surface area contributed by atoms with E-state index >= 15 is 0 Å². The Labute approximate surface area is 85.8 Å². The van der Waals surface area contributed by atoms with Gasteiger partial charge in [-0.3, -0.25) is 4.79 Å². The summed E-state index contributed by atoms with van der Waals surface area (Å²) in [7, 11) is 0. The van der Waals surface area contributed by atoms with Crippen LogP contribution in [0.2, 0.25) is 0 Å². The number of fused-ring (bicyclic) bond motifs is 1.